The van der Waals surface area contributed by atoms with Gasteiger partial charge in [-0.1, -0.05) is 6.92 Å². The first-order valence-electron chi connectivity index (χ1n) is 5.24. The van der Waals surface area contributed by atoms with Crippen LogP contribution in [0.1, 0.15) is 27.7 Å². The van der Waals surface area contributed by atoms with E-state index in [9.17, 15) is 9.59 Å². The molecule has 0 saturated carbocycles. The maximum Gasteiger partial charge on any atom is 0.308 e. The molecule has 1 unspecified atom stereocenters. The van der Waals surface area contributed by atoms with Gasteiger partial charge in [0.05, 0.1) is 11.5 Å². The Bertz CT molecular complexity index is 257. The van der Waals surface area contributed by atoms with Crippen molar-refractivity contribution >= 4 is 11.9 Å². The fraction of sp³-hybridized carbons (Fsp3) is 0.818. The van der Waals surface area contributed by atoms with Crippen LogP contribution in [0.15, 0.2) is 0 Å². The number of rotatable bonds is 5. The van der Waals surface area contributed by atoms with Gasteiger partial charge in [0.25, 0.3) is 0 Å². The molecule has 0 spiro atoms. The average Bonchev–Trinajstić information content (AvgIpc) is 2.12. The van der Waals surface area contributed by atoms with Crippen molar-refractivity contribution in [1.82, 2.24) is 4.90 Å². The molecule has 0 fully saturated rings. The van der Waals surface area contributed by atoms with Crippen molar-refractivity contribution in [3.05, 3.63) is 0 Å². The fourth-order valence-corrected chi connectivity index (χ4v) is 0.979. The van der Waals surface area contributed by atoms with Gasteiger partial charge in [-0.15, -0.1) is 0 Å². The van der Waals surface area contributed by atoms with Crippen LogP contribution in [0.4, 0.5) is 0 Å². The molecule has 16 heavy (non-hydrogen) atoms. The summed E-state index contributed by atoms with van der Waals surface area (Å²) >= 11 is 0. The Morgan fingerprint density at radius 1 is 1.38 bits per heavy atom. The lowest BCUT2D eigenvalue weighted by atomic mass is 10.2. The first-order chi connectivity index (χ1) is 7.13. The summed E-state index contributed by atoms with van der Waals surface area (Å²) in [6, 6.07) is 0. The Kier molecular flexibility index (Phi) is 5.44. The number of carboxylic acids is 1. The molecule has 0 aliphatic heterocycles. The molecule has 1 amide bonds. The molecule has 1 atom stereocenters. The second-order valence-electron chi connectivity index (χ2n) is 4.91. The number of amides is 1. The van der Waals surface area contributed by atoms with E-state index in [2.05, 4.69) is 0 Å². The molecule has 0 aliphatic carbocycles. The van der Waals surface area contributed by atoms with Crippen LogP contribution in [0.25, 0.3) is 0 Å². The number of carboxylic acid groups (broad SMARTS) is 1. The van der Waals surface area contributed by atoms with Gasteiger partial charge >= 0.3 is 5.97 Å². The number of ether oxygens (including phenoxy) is 1. The van der Waals surface area contributed by atoms with E-state index >= 15 is 0 Å². The molecule has 0 aliphatic rings. The number of likely N-dealkylation sites (N-methyl/N-ethyl adjacent to an activating group) is 1. The van der Waals surface area contributed by atoms with Crippen LogP contribution in [0.5, 0.6) is 0 Å². The summed E-state index contributed by atoms with van der Waals surface area (Å²) in [4.78, 5) is 23.5. The summed E-state index contributed by atoms with van der Waals surface area (Å²) < 4.78 is 5.32. The van der Waals surface area contributed by atoms with Crippen LogP contribution in [0.3, 0.4) is 0 Å². The van der Waals surface area contributed by atoms with Crippen molar-refractivity contribution in [3.8, 4) is 0 Å². The molecule has 0 rings (SSSR count). The monoisotopic (exact) mass is 231 g/mol. The Morgan fingerprint density at radius 2 is 1.88 bits per heavy atom. The topological polar surface area (TPSA) is 66.8 Å². The molecule has 0 bridgehead atoms. The number of hydrogen-bond acceptors (Lipinski definition) is 3. The summed E-state index contributed by atoms with van der Waals surface area (Å²) in [5, 5.41) is 8.70. The number of aliphatic carboxylic acids is 1. The first-order valence-corrected chi connectivity index (χ1v) is 5.24. The van der Waals surface area contributed by atoms with Crippen molar-refractivity contribution in [2.45, 2.75) is 33.3 Å². The van der Waals surface area contributed by atoms with E-state index in [4.69, 9.17) is 9.84 Å². The van der Waals surface area contributed by atoms with Gasteiger partial charge in [-0.2, -0.15) is 0 Å². The van der Waals surface area contributed by atoms with Crippen LogP contribution < -0.4 is 0 Å². The third kappa shape index (κ3) is 6.40. The van der Waals surface area contributed by atoms with E-state index in [1.807, 2.05) is 20.8 Å². The number of carbonyl (C=O) groups excluding carboxylic acids is 1. The van der Waals surface area contributed by atoms with Gasteiger partial charge in [0.1, 0.15) is 6.61 Å². The van der Waals surface area contributed by atoms with E-state index in [0.717, 1.165) is 0 Å². The van der Waals surface area contributed by atoms with Gasteiger partial charge in [0.15, 0.2) is 0 Å². The van der Waals surface area contributed by atoms with E-state index in [1.54, 1.807) is 14.0 Å². The van der Waals surface area contributed by atoms with E-state index in [0.29, 0.717) is 0 Å². The van der Waals surface area contributed by atoms with Crippen molar-refractivity contribution in [2.24, 2.45) is 5.92 Å². The molecule has 0 saturated heterocycles. The van der Waals surface area contributed by atoms with Crippen LogP contribution in [0, 0.1) is 5.92 Å². The van der Waals surface area contributed by atoms with Crippen molar-refractivity contribution in [3.63, 3.8) is 0 Å². The van der Waals surface area contributed by atoms with Gasteiger partial charge < -0.3 is 14.7 Å². The van der Waals surface area contributed by atoms with Gasteiger partial charge in [-0.05, 0) is 20.8 Å². The van der Waals surface area contributed by atoms with Crippen molar-refractivity contribution in [2.75, 3.05) is 20.2 Å². The zero-order valence-electron chi connectivity index (χ0n) is 10.6. The van der Waals surface area contributed by atoms with Gasteiger partial charge in [0.2, 0.25) is 5.91 Å². The highest BCUT2D eigenvalue weighted by molar-refractivity contribution is 5.78. The summed E-state index contributed by atoms with van der Waals surface area (Å²) in [6.07, 6.45) is 0. The van der Waals surface area contributed by atoms with Crippen LogP contribution >= 0.6 is 0 Å². The zero-order valence-corrected chi connectivity index (χ0v) is 10.6. The van der Waals surface area contributed by atoms with Crippen LogP contribution in [0.2, 0.25) is 0 Å². The van der Waals surface area contributed by atoms with Crippen LogP contribution in [-0.2, 0) is 14.3 Å². The predicted octanol–water partition coefficient (Wildman–Crippen LogP) is 0.981. The maximum atomic E-state index is 11.6. The minimum atomic E-state index is -0.906. The molecule has 0 aromatic carbocycles. The second kappa shape index (κ2) is 5.84. The highest BCUT2D eigenvalue weighted by Gasteiger charge is 2.19. The molecule has 0 heterocycles. The second-order valence-corrected chi connectivity index (χ2v) is 4.91. The van der Waals surface area contributed by atoms with Gasteiger partial charge in [-0.25, -0.2) is 0 Å². The third-order valence-corrected chi connectivity index (χ3v) is 2.02. The summed E-state index contributed by atoms with van der Waals surface area (Å²) in [5.41, 5.74) is -0.366. The Labute approximate surface area is 96.4 Å². The molecular weight excluding hydrogens is 210 g/mol. The molecule has 5 nitrogen and oxygen atoms in total. The normalized spacial score (nSPS) is 13.3. The minimum Gasteiger partial charge on any atom is -0.481 e. The Balaban J connectivity index is 4.05. The lowest BCUT2D eigenvalue weighted by molar-refractivity contribution is -0.145. The smallest absolute Gasteiger partial charge is 0.308 e. The number of carbonyl (C=O) groups is 2. The van der Waals surface area contributed by atoms with Gasteiger partial charge in [-0.3, -0.25) is 9.59 Å². The van der Waals surface area contributed by atoms with Crippen molar-refractivity contribution in [1.29, 1.82) is 0 Å². The quantitative estimate of drug-likeness (QED) is 0.766. The molecule has 1 N–H and O–H groups in total. The summed E-state index contributed by atoms with van der Waals surface area (Å²) in [6.45, 7) is 7.32. The van der Waals surface area contributed by atoms with Gasteiger partial charge in [0, 0.05) is 13.6 Å². The SMILES string of the molecule is CC(CN(C)C(=O)COC(C)(C)C)C(=O)O. The molecule has 0 aromatic rings. The molecule has 5 heteroatoms. The summed E-state index contributed by atoms with van der Waals surface area (Å²) in [5.74, 6) is -1.68. The molecule has 94 valence electrons. The zero-order chi connectivity index (χ0) is 12.9. The Morgan fingerprint density at radius 3 is 2.25 bits per heavy atom. The maximum absolute atomic E-state index is 11.6. The van der Waals surface area contributed by atoms with E-state index in [-0.39, 0.29) is 24.7 Å². The standard InChI is InChI=1S/C11H21NO4/c1-8(10(14)15)6-12(5)9(13)7-16-11(2,3)4/h8H,6-7H2,1-5H3,(H,14,15). The lowest BCUT2D eigenvalue weighted by Gasteiger charge is -2.23. The fourth-order valence-electron chi connectivity index (χ4n) is 0.979. The first kappa shape index (κ1) is 14.9. The highest BCUT2D eigenvalue weighted by Crippen LogP contribution is 2.07. The molecule has 0 aromatic heterocycles. The number of hydrogen-bond donors (Lipinski definition) is 1. The predicted molar refractivity (Wildman–Crippen MR) is 60.1 cm³/mol. The highest BCUT2D eigenvalue weighted by atomic mass is 16.5. The molecule has 0 radical (unpaired) electrons. The van der Waals surface area contributed by atoms with Crippen molar-refractivity contribution < 1.29 is 19.4 Å². The third-order valence-electron chi connectivity index (χ3n) is 2.02. The lowest BCUT2D eigenvalue weighted by Crippen LogP contribution is -2.37. The molecular formula is C11H21NO4. The van der Waals surface area contributed by atoms with E-state index in [1.165, 1.54) is 4.90 Å². The Hall–Kier alpha value is -1.10. The number of nitrogens with zero attached hydrogens (tertiary/aromatic N) is 1. The average molecular weight is 231 g/mol. The minimum absolute atomic E-state index is 0.0215. The van der Waals surface area contributed by atoms with E-state index < -0.39 is 11.9 Å². The summed E-state index contributed by atoms with van der Waals surface area (Å²) in [7, 11) is 1.58. The van der Waals surface area contributed by atoms with Crippen LogP contribution in [-0.4, -0.2) is 47.7 Å². The largest absolute Gasteiger partial charge is 0.481 e.